The Morgan fingerprint density at radius 3 is 2.43 bits per heavy atom. The highest BCUT2D eigenvalue weighted by molar-refractivity contribution is 6.30. The van der Waals surface area contributed by atoms with Crippen molar-refractivity contribution in [2.24, 2.45) is 0 Å². The summed E-state index contributed by atoms with van der Waals surface area (Å²) in [6.07, 6.45) is -4.73. The average Bonchev–Trinajstić information content (AvgIpc) is 2.62. The highest BCUT2D eigenvalue weighted by atomic mass is 35.5. The summed E-state index contributed by atoms with van der Waals surface area (Å²) in [5, 5.41) is 0.358. The second kappa shape index (κ2) is 7.16. The SMILES string of the molecule is CCOC(=O)c1c(N)c2ccc(C(F)(F)F)nc2n(-c2ccc(Cl)cc2)c1=O. The number of nitrogens with zero attached hydrogens (tertiary/aromatic N) is 2. The first-order valence-electron chi connectivity index (χ1n) is 8.00. The number of nitrogens with two attached hydrogens (primary N) is 1. The van der Waals surface area contributed by atoms with Crippen LogP contribution in [0.3, 0.4) is 0 Å². The van der Waals surface area contributed by atoms with Crippen LogP contribution in [-0.2, 0) is 10.9 Å². The van der Waals surface area contributed by atoms with Crippen molar-refractivity contribution >= 4 is 34.3 Å². The summed E-state index contributed by atoms with van der Waals surface area (Å²) in [6, 6.07) is 7.51. The first-order chi connectivity index (χ1) is 13.1. The fourth-order valence-corrected chi connectivity index (χ4v) is 2.80. The summed E-state index contributed by atoms with van der Waals surface area (Å²) in [5.41, 5.74) is 2.82. The number of ether oxygens (including phenoxy) is 1. The van der Waals surface area contributed by atoms with Crippen molar-refractivity contribution in [3.8, 4) is 5.69 Å². The monoisotopic (exact) mass is 411 g/mol. The van der Waals surface area contributed by atoms with Crippen molar-refractivity contribution in [1.29, 1.82) is 0 Å². The fraction of sp³-hybridized carbons (Fsp3) is 0.167. The summed E-state index contributed by atoms with van der Waals surface area (Å²) < 4.78 is 45.2. The van der Waals surface area contributed by atoms with Crippen LogP contribution in [0, 0.1) is 0 Å². The summed E-state index contributed by atoms with van der Waals surface area (Å²) in [7, 11) is 0. The Hall–Kier alpha value is -3.07. The van der Waals surface area contributed by atoms with Crippen LogP contribution in [-0.4, -0.2) is 22.1 Å². The Kier molecular flexibility index (Phi) is 5.03. The molecular formula is C18H13ClF3N3O3. The lowest BCUT2D eigenvalue weighted by Crippen LogP contribution is -2.29. The lowest BCUT2D eigenvalue weighted by molar-refractivity contribution is -0.141. The molecule has 0 saturated heterocycles. The molecule has 1 aromatic carbocycles. The minimum absolute atomic E-state index is 0.00519. The molecule has 0 spiro atoms. The van der Waals surface area contributed by atoms with Crippen LogP contribution in [0.1, 0.15) is 23.0 Å². The van der Waals surface area contributed by atoms with Gasteiger partial charge in [-0.15, -0.1) is 0 Å². The molecule has 146 valence electrons. The van der Waals surface area contributed by atoms with Crippen LogP contribution >= 0.6 is 11.6 Å². The number of anilines is 1. The van der Waals surface area contributed by atoms with Gasteiger partial charge in [0, 0.05) is 10.4 Å². The third-order valence-electron chi connectivity index (χ3n) is 3.92. The van der Waals surface area contributed by atoms with E-state index >= 15 is 0 Å². The average molecular weight is 412 g/mol. The van der Waals surface area contributed by atoms with Crippen LogP contribution in [0.15, 0.2) is 41.2 Å². The maximum atomic E-state index is 13.1. The number of halogens is 4. The number of carbonyl (C=O) groups is 1. The number of nitrogen functional groups attached to an aromatic ring is 1. The van der Waals surface area contributed by atoms with Crippen LogP contribution < -0.4 is 11.3 Å². The van der Waals surface area contributed by atoms with E-state index in [-0.39, 0.29) is 29.0 Å². The zero-order valence-electron chi connectivity index (χ0n) is 14.4. The molecule has 2 aromatic heterocycles. The molecule has 0 amide bonds. The Morgan fingerprint density at radius 2 is 1.86 bits per heavy atom. The van der Waals surface area contributed by atoms with E-state index in [1.165, 1.54) is 24.3 Å². The second-order valence-corrected chi connectivity index (χ2v) is 6.13. The van der Waals surface area contributed by atoms with Crippen LogP contribution in [0.4, 0.5) is 18.9 Å². The molecule has 0 radical (unpaired) electrons. The predicted molar refractivity (Wildman–Crippen MR) is 97.7 cm³/mol. The number of rotatable bonds is 3. The maximum absolute atomic E-state index is 13.1. The van der Waals surface area contributed by atoms with E-state index in [0.29, 0.717) is 5.02 Å². The van der Waals surface area contributed by atoms with Crippen LogP contribution in [0.25, 0.3) is 16.7 Å². The molecule has 0 unspecified atom stereocenters. The highest BCUT2D eigenvalue weighted by Gasteiger charge is 2.34. The Morgan fingerprint density at radius 1 is 1.21 bits per heavy atom. The lowest BCUT2D eigenvalue weighted by atomic mass is 10.1. The molecule has 0 fully saturated rings. The third kappa shape index (κ3) is 3.40. The summed E-state index contributed by atoms with van der Waals surface area (Å²) in [5.74, 6) is -0.977. The quantitative estimate of drug-likeness (QED) is 0.662. The van der Waals surface area contributed by atoms with Gasteiger partial charge in [0.1, 0.15) is 16.9 Å². The zero-order valence-corrected chi connectivity index (χ0v) is 15.1. The number of hydrogen-bond donors (Lipinski definition) is 1. The summed E-state index contributed by atoms with van der Waals surface area (Å²) in [6.45, 7) is 1.53. The van der Waals surface area contributed by atoms with Gasteiger partial charge in [0.25, 0.3) is 5.56 Å². The molecule has 10 heteroatoms. The molecule has 3 aromatic rings. The molecule has 2 heterocycles. The van der Waals surface area contributed by atoms with E-state index in [2.05, 4.69) is 4.98 Å². The molecular weight excluding hydrogens is 399 g/mol. The van der Waals surface area contributed by atoms with E-state index in [4.69, 9.17) is 22.1 Å². The molecule has 0 atom stereocenters. The van der Waals surface area contributed by atoms with E-state index in [1.807, 2.05) is 0 Å². The van der Waals surface area contributed by atoms with Crippen molar-refractivity contribution in [1.82, 2.24) is 9.55 Å². The minimum Gasteiger partial charge on any atom is -0.462 e. The molecule has 2 N–H and O–H groups in total. The smallest absolute Gasteiger partial charge is 0.433 e. The second-order valence-electron chi connectivity index (χ2n) is 5.69. The van der Waals surface area contributed by atoms with Gasteiger partial charge in [-0.3, -0.25) is 9.36 Å². The molecule has 0 saturated carbocycles. The molecule has 6 nitrogen and oxygen atoms in total. The van der Waals surface area contributed by atoms with Crippen LogP contribution in [0.2, 0.25) is 5.02 Å². The number of hydrogen-bond acceptors (Lipinski definition) is 5. The number of benzene rings is 1. The minimum atomic E-state index is -4.73. The summed E-state index contributed by atoms with van der Waals surface area (Å²) in [4.78, 5) is 28.8. The van der Waals surface area contributed by atoms with Gasteiger partial charge in [-0.2, -0.15) is 13.2 Å². The maximum Gasteiger partial charge on any atom is 0.433 e. The number of esters is 1. The Balaban J connectivity index is 2.46. The Bertz CT molecular complexity index is 1130. The largest absolute Gasteiger partial charge is 0.462 e. The van der Waals surface area contributed by atoms with Gasteiger partial charge < -0.3 is 10.5 Å². The molecule has 0 aliphatic heterocycles. The molecule has 0 aliphatic carbocycles. The molecule has 28 heavy (non-hydrogen) atoms. The Labute approximate surface area is 161 Å². The van der Waals surface area contributed by atoms with Crippen molar-refractivity contribution in [3.63, 3.8) is 0 Å². The molecule has 0 aliphatic rings. The van der Waals surface area contributed by atoms with E-state index < -0.39 is 29.0 Å². The number of fused-ring (bicyclic) bond motifs is 1. The van der Waals surface area contributed by atoms with E-state index in [0.717, 1.165) is 16.7 Å². The number of alkyl halides is 3. The van der Waals surface area contributed by atoms with Crippen molar-refractivity contribution in [2.45, 2.75) is 13.1 Å². The van der Waals surface area contributed by atoms with Crippen molar-refractivity contribution < 1.29 is 22.7 Å². The molecule has 3 rings (SSSR count). The lowest BCUT2D eigenvalue weighted by Gasteiger charge is -2.16. The third-order valence-corrected chi connectivity index (χ3v) is 4.17. The number of carbonyl (C=O) groups excluding carboxylic acids is 1. The van der Waals surface area contributed by atoms with Crippen LogP contribution in [0.5, 0.6) is 0 Å². The van der Waals surface area contributed by atoms with Gasteiger partial charge in [-0.1, -0.05) is 11.6 Å². The highest BCUT2D eigenvalue weighted by Crippen LogP contribution is 2.31. The normalized spacial score (nSPS) is 11.6. The standard InChI is InChI=1S/C18H13ClF3N3O3/c1-2-28-17(27)13-14(23)11-7-8-12(18(20,21)22)24-15(11)25(16(13)26)10-5-3-9(19)4-6-10/h3-8H,2,23H2,1H3. The van der Waals surface area contributed by atoms with Crippen molar-refractivity contribution in [2.75, 3.05) is 12.3 Å². The zero-order chi connectivity index (χ0) is 20.6. The first kappa shape index (κ1) is 19.7. The van der Waals surface area contributed by atoms with Gasteiger partial charge in [0.2, 0.25) is 0 Å². The predicted octanol–water partition coefficient (Wildman–Crippen LogP) is 3.82. The fourth-order valence-electron chi connectivity index (χ4n) is 2.68. The van der Waals surface area contributed by atoms with E-state index in [1.54, 1.807) is 6.92 Å². The summed E-state index contributed by atoms with van der Waals surface area (Å²) >= 11 is 5.84. The number of aromatic nitrogens is 2. The number of pyridine rings is 2. The topological polar surface area (TPSA) is 87.2 Å². The van der Waals surface area contributed by atoms with Gasteiger partial charge in [0.05, 0.1) is 18.0 Å². The van der Waals surface area contributed by atoms with Crippen molar-refractivity contribution in [3.05, 3.63) is 63.0 Å². The van der Waals surface area contributed by atoms with Gasteiger partial charge in [-0.25, -0.2) is 9.78 Å². The first-order valence-corrected chi connectivity index (χ1v) is 8.38. The van der Waals surface area contributed by atoms with Gasteiger partial charge in [0.15, 0.2) is 0 Å². The molecule has 0 bridgehead atoms. The van der Waals surface area contributed by atoms with Gasteiger partial charge in [-0.05, 0) is 43.3 Å². The van der Waals surface area contributed by atoms with Gasteiger partial charge >= 0.3 is 12.1 Å². The van der Waals surface area contributed by atoms with E-state index in [9.17, 15) is 22.8 Å².